The molecule has 0 saturated heterocycles. The van der Waals surface area contributed by atoms with E-state index in [1.54, 1.807) is 6.66 Å². The lowest BCUT2D eigenvalue weighted by Crippen LogP contribution is -2.01. The van der Waals surface area contributed by atoms with Gasteiger partial charge in [-0.3, -0.25) is 0 Å². The van der Waals surface area contributed by atoms with Gasteiger partial charge in [0.05, 0.1) is 0 Å². The molecule has 20 heavy (non-hydrogen) atoms. The van der Waals surface area contributed by atoms with Gasteiger partial charge in [0, 0.05) is 9.78 Å². The average Bonchev–Trinajstić information content (AvgIpc) is 2.46. The SMILES string of the molecule is C[PH](=O)c1cc2ccccc2cc1-c1ccc(Br)cc1. The van der Waals surface area contributed by atoms with Gasteiger partial charge in [0.25, 0.3) is 0 Å². The highest BCUT2D eigenvalue weighted by atomic mass is 79.9. The Kier molecular flexibility index (Phi) is 3.78. The summed E-state index contributed by atoms with van der Waals surface area (Å²) >= 11 is 3.45. The summed E-state index contributed by atoms with van der Waals surface area (Å²) in [5, 5.41) is 3.28. The zero-order valence-corrected chi connectivity index (χ0v) is 13.6. The highest BCUT2D eigenvalue weighted by molar-refractivity contribution is 9.10. The molecule has 0 aliphatic carbocycles. The van der Waals surface area contributed by atoms with Gasteiger partial charge in [-0.1, -0.05) is 52.3 Å². The maximum atomic E-state index is 12.1. The van der Waals surface area contributed by atoms with E-state index >= 15 is 0 Å². The van der Waals surface area contributed by atoms with Gasteiger partial charge in [0.15, 0.2) is 0 Å². The van der Waals surface area contributed by atoms with Crippen LogP contribution in [0.15, 0.2) is 65.1 Å². The molecule has 0 aliphatic heterocycles. The van der Waals surface area contributed by atoms with E-state index in [1.165, 1.54) is 5.39 Å². The van der Waals surface area contributed by atoms with Crippen molar-refractivity contribution in [3.8, 4) is 11.1 Å². The number of rotatable bonds is 2. The normalized spacial score (nSPS) is 12.5. The highest BCUT2D eigenvalue weighted by Gasteiger charge is 2.10. The summed E-state index contributed by atoms with van der Waals surface area (Å²) in [6.07, 6.45) is 0. The molecule has 0 amide bonds. The molecule has 0 heterocycles. The lowest BCUT2D eigenvalue weighted by Gasteiger charge is -2.10. The zero-order valence-electron chi connectivity index (χ0n) is 11.1. The number of hydrogen-bond acceptors (Lipinski definition) is 1. The first-order valence-corrected chi connectivity index (χ1v) is 9.15. The van der Waals surface area contributed by atoms with Gasteiger partial charge in [0.2, 0.25) is 0 Å². The summed E-state index contributed by atoms with van der Waals surface area (Å²) in [7, 11) is -1.75. The minimum Gasteiger partial charge on any atom is -0.322 e. The van der Waals surface area contributed by atoms with E-state index in [0.717, 1.165) is 26.3 Å². The monoisotopic (exact) mass is 344 g/mol. The van der Waals surface area contributed by atoms with Crippen LogP contribution >= 0.6 is 23.7 Å². The second kappa shape index (κ2) is 5.55. The molecule has 0 fully saturated rings. The first-order chi connectivity index (χ1) is 9.65. The zero-order chi connectivity index (χ0) is 14.1. The van der Waals surface area contributed by atoms with Gasteiger partial charge in [-0.15, -0.1) is 0 Å². The average molecular weight is 345 g/mol. The fourth-order valence-corrected chi connectivity index (χ4v) is 3.62. The summed E-state index contributed by atoms with van der Waals surface area (Å²) in [6, 6.07) is 20.5. The predicted octanol–water partition coefficient (Wildman–Crippen LogP) is 5.08. The Morgan fingerprint density at radius 3 is 2.10 bits per heavy atom. The summed E-state index contributed by atoms with van der Waals surface area (Å²) in [5.74, 6) is 0. The van der Waals surface area contributed by atoms with Gasteiger partial charge >= 0.3 is 0 Å². The number of hydrogen-bond donors (Lipinski definition) is 0. The maximum absolute atomic E-state index is 12.1. The van der Waals surface area contributed by atoms with Crippen LogP contribution in [-0.4, -0.2) is 6.66 Å². The van der Waals surface area contributed by atoms with Crippen molar-refractivity contribution in [3.63, 3.8) is 0 Å². The summed E-state index contributed by atoms with van der Waals surface area (Å²) < 4.78 is 13.2. The molecule has 3 rings (SSSR count). The van der Waals surface area contributed by atoms with E-state index in [2.05, 4.69) is 52.3 Å². The van der Waals surface area contributed by atoms with Crippen LogP contribution in [0.4, 0.5) is 0 Å². The molecule has 0 spiro atoms. The molecule has 3 heteroatoms. The molecule has 100 valence electrons. The third kappa shape index (κ3) is 2.59. The van der Waals surface area contributed by atoms with Crippen LogP contribution in [-0.2, 0) is 4.57 Å². The molecule has 3 aromatic carbocycles. The standard InChI is InChI=1S/C17H14BrOP/c1-20(19)17-11-14-5-3-2-4-13(14)10-16(17)12-6-8-15(18)9-7-12/h2-11,20H,1H3. The molecule has 0 aliphatic rings. The first-order valence-electron chi connectivity index (χ1n) is 6.45. The van der Waals surface area contributed by atoms with Gasteiger partial charge in [-0.2, -0.15) is 0 Å². The first kappa shape index (κ1) is 13.6. The molecule has 0 bridgehead atoms. The molecule has 3 aromatic rings. The van der Waals surface area contributed by atoms with Crippen LogP contribution in [0, 0.1) is 0 Å². The molecule has 0 saturated carbocycles. The lowest BCUT2D eigenvalue weighted by atomic mass is 10.0. The molecule has 0 N–H and O–H groups in total. The van der Waals surface area contributed by atoms with Crippen LogP contribution in [0.2, 0.25) is 0 Å². The fraction of sp³-hybridized carbons (Fsp3) is 0.0588. The summed E-state index contributed by atoms with van der Waals surface area (Å²) in [4.78, 5) is 0. The van der Waals surface area contributed by atoms with Crippen LogP contribution < -0.4 is 5.30 Å². The Hall–Kier alpha value is -1.37. The van der Waals surface area contributed by atoms with Crippen molar-refractivity contribution in [1.82, 2.24) is 0 Å². The van der Waals surface area contributed by atoms with E-state index < -0.39 is 7.80 Å². The van der Waals surface area contributed by atoms with Crippen LogP contribution in [0.5, 0.6) is 0 Å². The van der Waals surface area contributed by atoms with Gasteiger partial charge in [0.1, 0.15) is 7.80 Å². The van der Waals surface area contributed by atoms with Crippen molar-refractivity contribution >= 4 is 39.8 Å². The van der Waals surface area contributed by atoms with Crippen molar-refractivity contribution in [1.29, 1.82) is 0 Å². The topological polar surface area (TPSA) is 17.1 Å². The number of benzene rings is 3. The quantitative estimate of drug-likeness (QED) is 0.592. The predicted molar refractivity (Wildman–Crippen MR) is 91.6 cm³/mol. The van der Waals surface area contributed by atoms with Crippen LogP contribution in [0.3, 0.4) is 0 Å². The van der Waals surface area contributed by atoms with E-state index in [-0.39, 0.29) is 0 Å². The van der Waals surface area contributed by atoms with Crippen molar-refractivity contribution in [2.75, 3.05) is 6.66 Å². The van der Waals surface area contributed by atoms with Gasteiger partial charge in [-0.25, -0.2) is 0 Å². The molecular weight excluding hydrogens is 331 g/mol. The Morgan fingerprint density at radius 2 is 1.50 bits per heavy atom. The molecule has 0 radical (unpaired) electrons. The Morgan fingerprint density at radius 1 is 0.900 bits per heavy atom. The van der Waals surface area contributed by atoms with E-state index in [0.29, 0.717) is 0 Å². The Bertz CT molecular complexity index is 794. The van der Waals surface area contributed by atoms with Crippen molar-refractivity contribution in [2.45, 2.75) is 0 Å². The third-order valence-electron chi connectivity index (χ3n) is 3.42. The third-order valence-corrected chi connectivity index (χ3v) is 5.12. The van der Waals surface area contributed by atoms with Gasteiger partial charge < -0.3 is 4.57 Å². The summed E-state index contributed by atoms with van der Waals surface area (Å²) in [5.41, 5.74) is 2.18. The summed E-state index contributed by atoms with van der Waals surface area (Å²) in [6.45, 7) is 1.80. The highest BCUT2D eigenvalue weighted by Crippen LogP contribution is 2.30. The van der Waals surface area contributed by atoms with Crippen LogP contribution in [0.25, 0.3) is 21.9 Å². The van der Waals surface area contributed by atoms with Crippen molar-refractivity contribution in [2.24, 2.45) is 0 Å². The van der Waals surface area contributed by atoms with Crippen molar-refractivity contribution < 1.29 is 4.57 Å². The van der Waals surface area contributed by atoms with Crippen LogP contribution in [0.1, 0.15) is 0 Å². The second-order valence-electron chi connectivity index (χ2n) is 4.81. The molecule has 1 atom stereocenters. The smallest absolute Gasteiger partial charge is 0.101 e. The Balaban J connectivity index is 2.29. The van der Waals surface area contributed by atoms with E-state index in [9.17, 15) is 4.57 Å². The Labute approximate surface area is 127 Å². The van der Waals surface area contributed by atoms with E-state index in [1.807, 2.05) is 24.3 Å². The number of fused-ring (bicyclic) bond motifs is 1. The molecular formula is C17H14BrOP. The maximum Gasteiger partial charge on any atom is 0.101 e. The second-order valence-corrected chi connectivity index (χ2v) is 7.37. The minimum atomic E-state index is -1.75. The lowest BCUT2D eigenvalue weighted by molar-refractivity contribution is 0.596. The molecule has 1 nitrogen and oxygen atoms in total. The van der Waals surface area contributed by atoms with E-state index in [4.69, 9.17) is 0 Å². The van der Waals surface area contributed by atoms with Gasteiger partial charge in [-0.05, 0) is 52.8 Å². The fourth-order valence-electron chi connectivity index (χ4n) is 2.40. The van der Waals surface area contributed by atoms with Crippen molar-refractivity contribution in [3.05, 3.63) is 65.1 Å². The minimum absolute atomic E-state index is 0.955. The largest absolute Gasteiger partial charge is 0.322 e. The number of halogens is 1. The molecule has 0 aromatic heterocycles. The molecule has 1 unspecified atom stereocenters.